The maximum atomic E-state index is 13.9. The Balaban J connectivity index is 1.74. The molecule has 32 heavy (non-hydrogen) atoms. The van der Waals surface area contributed by atoms with Crippen molar-refractivity contribution in [2.24, 2.45) is 0 Å². The number of hydrogen-bond donors (Lipinski definition) is 2. The summed E-state index contributed by atoms with van der Waals surface area (Å²) in [6, 6.07) is 12.8. The Morgan fingerprint density at radius 3 is 2.84 bits per heavy atom. The number of aromatic nitrogens is 5. The summed E-state index contributed by atoms with van der Waals surface area (Å²) in [6.07, 6.45) is 3.63. The number of imidazole rings is 1. The van der Waals surface area contributed by atoms with Crippen molar-refractivity contribution >= 4 is 39.4 Å². The second-order valence-corrected chi connectivity index (χ2v) is 7.79. The van der Waals surface area contributed by atoms with Crippen LogP contribution in [0.1, 0.15) is 25.1 Å². The van der Waals surface area contributed by atoms with E-state index in [2.05, 4.69) is 25.3 Å². The van der Waals surface area contributed by atoms with Gasteiger partial charge in [-0.25, -0.2) is 19.3 Å². The Morgan fingerprint density at radius 1 is 1.16 bits per heavy atom. The van der Waals surface area contributed by atoms with Gasteiger partial charge in [0, 0.05) is 10.7 Å². The van der Waals surface area contributed by atoms with Crippen LogP contribution in [0.3, 0.4) is 0 Å². The number of hydrogen-bond acceptors (Lipinski definition) is 5. The molecule has 0 fully saturated rings. The predicted octanol–water partition coefficient (Wildman–Crippen LogP) is 5.01. The van der Waals surface area contributed by atoms with Crippen LogP contribution in [0, 0.1) is 5.82 Å². The number of aromatic amines is 1. The van der Waals surface area contributed by atoms with Crippen LogP contribution in [-0.2, 0) is 0 Å². The molecule has 0 amide bonds. The topological polar surface area (TPSA) is 88.5 Å². The molecule has 0 aliphatic heterocycles. The first-order valence-corrected chi connectivity index (χ1v) is 10.4. The fourth-order valence-corrected chi connectivity index (χ4v) is 4.05. The lowest BCUT2D eigenvalue weighted by atomic mass is 10.0. The van der Waals surface area contributed by atoms with Gasteiger partial charge in [0.15, 0.2) is 11.5 Å². The van der Waals surface area contributed by atoms with Crippen LogP contribution in [0.15, 0.2) is 66.0 Å². The molecule has 0 saturated carbocycles. The summed E-state index contributed by atoms with van der Waals surface area (Å²) >= 11 is 6.22. The van der Waals surface area contributed by atoms with E-state index in [0.29, 0.717) is 50.6 Å². The molecule has 3 heterocycles. The zero-order valence-corrected chi connectivity index (χ0v) is 17.8. The summed E-state index contributed by atoms with van der Waals surface area (Å²) in [5.74, 6) is 0.108. The number of H-pyrrole nitrogens is 1. The van der Waals surface area contributed by atoms with E-state index in [1.54, 1.807) is 41.2 Å². The van der Waals surface area contributed by atoms with Gasteiger partial charge in [-0.2, -0.15) is 0 Å². The highest BCUT2D eigenvalue weighted by atomic mass is 35.5. The second kappa shape index (κ2) is 8.05. The molecule has 0 saturated heterocycles. The van der Waals surface area contributed by atoms with Gasteiger partial charge in [-0.1, -0.05) is 30.7 Å². The van der Waals surface area contributed by atoms with Crippen molar-refractivity contribution in [1.29, 1.82) is 0 Å². The SMILES string of the molecule is CCC(Nc1ncnc2nc[nH]c12)c1cc2ccc(F)cc2c(=O)n1-c1cccc(Cl)c1. The van der Waals surface area contributed by atoms with E-state index in [1.807, 2.05) is 13.0 Å². The molecular weight excluding hydrogens is 431 g/mol. The fourth-order valence-electron chi connectivity index (χ4n) is 3.86. The minimum atomic E-state index is -0.465. The standard InChI is InChI=1S/C23H18ClFN6O/c1-2-18(30-22-20-21(27-11-26-20)28-12-29-22)19-8-13-6-7-15(25)10-17(13)23(32)31(19)16-5-3-4-14(24)9-16/h3-12,18H,2H2,1H3,(H2,26,27,28,29,30). The molecule has 5 aromatic rings. The highest BCUT2D eigenvalue weighted by Crippen LogP contribution is 2.28. The van der Waals surface area contributed by atoms with Gasteiger partial charge >= 0.3 is 0 Å². The van der Waals surface area contributed by atoms with E-state index in [-0.39, 0.29) is 11.6 Å². The van der Waals surface area contributed by atoms with Gasteiger partial charge in [0.25, 0.3) is 5.56 Å². The van der Waals surface area contributed by atoms with Gasteiger partial charge in [-0.15, -0.1) is 0 Å². The monoisotopic (exact) mass is 448 g/mol. The predicted molar refractivity (Wildman–Crippen MR) is 123 cm³/mol. The summed E-state index contributed by atoms with van der Waals surface area (Å²) in [6.45, 7) is 2.00. The Bertz CT molecular complexity index is 1510. The molecule has 2 N–H and O–H groups in total. The number of fused-ring (bicyclic) bond motifs is 2. The zero-order valence-electron chi connectivity index (χ0n) is 17.0. The minimum absolute atomic E-state index is 0.293. The lowest BCUT2D eigenvalue weighted by Crippen LogP contribution is -2.26. The van der Waals surface area contributed by atoms with Crippen molar-refractivity contribution in [3.05, 3.63) is 88.1 Å². The van der Waals surface area contributed by atoms with Crippen LogP contribution in [0.25, 0.3) is 27.6 Å². The summed E-state index contributed by atoms with van der Waals surface area (Å²) in [4.78, 5) is 29.3. The Hall–Kier alpha value is -3.78. The summed E-state index contributed by atoms with van der Waals surface area (Å²) in [5, 5.41) is 4.85. The molecule has 1 atom stereocenters. The van der Waals surface area contributed by atoms with Crippen LogP contribution in [0.5, 0.6) is 0 Å². The Labute approximate surface area is 186 Å². The first-order valence-electron chi connectivity index (χ1n) is 10.1. The van der Waals surface area contributed by atoms with Gasteiger partial charge in [0.05, 0.1) is 23.4 Å². The van der Waals surface area contributed by atoms with E-state index in [0.717, 1.165) is 0 Å². The summed E-state index contributed by atoms with van der Waals surface area (Å²) in [7, 11) is 0. The molecular formula is C23H18ClFN6O. The Morgan fingerprint density at radius 2 is 2.03 bits per heavy atom. The van der Waals surface area contributed by atoms with Crippen molar-refractivity contribution in [3.8, 4) is 5.69 Å². The molecule has 0 bridgehead atoms. The van der Waals surface area contributed by atoms with Crippen LogP contribution in [0.2, 0.25) is 5.02 Å². The molecule has 3 aromatic heterocycles. The molecule has 5 rings (SSSR count). The summed E-state index contributed by atoms with van der Waals surface area (Å²) in [5.41, 5.74) is 2.18. The second-order valence-electron chi connectivity index (χ2n) is 7.35. The van der Waals surface area contributed by atoms with E-state index < -0.39 is 5.82 Å². The third-order valence-electron chi connectivity index (χ3n) is 5.38. The van der Waals surface area contributed by atoms with Crippen molar-refractivity contribution in [2.45, 2.75) is 19.4 Å². The number of nitrogens with one attached hydrogen (secondary N) is 2. The average Bonchev–Trinajstić information content (AvgIpc) is 3.27. The van der Waals surface area contributed by atoms with Gasteiger partial charge in [-0.05, 0) is 48.2 Å². The molecule has 0 aliphatic carbocycles. The molecule has 0 radical (unpaired) electrons. The molecule has 9 heteroatoms. The molecule has 0 aliphatic rings. The normalized spacial score (nSPS) is 12.3. The van der Waals surface area contributed by atoms with Crippen molar-refractivity contribution in [1.82, 2.24) is 24.5 Å². The minimum Gasteiger partial charge on any atom is -0.360 e. The van der Waals surface area contributed by atoms with Crippen molar-refractivity contribution in [3.63, 3.8) is 0 Å². The van der Waals surface area contributed by atoms with E-state index in [4.69, 9.17) is 11.6 Å². The van der Waals surface area contributed by atoms with Crippen LogP contribution < -0.4 is 10.9 Å². The third kappa shape index (κ3) is 3.48. The smallest absolute Gasteiger partial charge is 0.263 e. The maximum Gasteiger partial charge on any atom is 0.263 e. The number of pyridine rings is 1. The number of benzene rings is 2. The number of rotatable bonds is 5. The number of nitrogens with zero attached hydrogens (tertiary/aromatic N) is 4. The number of anilines is 1. The van der Waals surface area contributed by atoms with Crippen LogP contribution >= 0.6 is 11.6 Å². The average molecular weight is 449 g/mol. The first kappa shape index (κ1) is 20.1. The van der Waals surface area contributed by atoms with Crippen molar-refractivity contribution in [2.75, 3.05) is 5.32 Å². The van der Waals surface area contributed by atoms with Crippen molar-refractivity contribution < 1.29 is 4.39 Å². The van der Waals surface area contributed by atoms with E-state index >= 15 is 0 Å². The van der Waals surface area contributed by atoms with Gasteiger partial charge in [0.1, 0.15) is 17.7 Å². The van der Waals surface area contributed by atoms with Gasteiger partial charge in [-0.3, -0.25) is 9.36 Å². The zero-order chi connectivity index (χ0) is 22.2. The lowest BCUT2D eigenvalue weighted by Gasteiger charge is -2.23. The molecule has 160 valence electrons. The largest absolute Gasteiger partial charge is 0.360 e. The van der Waals surface area contributed by atoms with Gasteiger partial charge < -0.3 is 10.3 Å². The third-order valence-corrected chi connectivity index (χ3v) is 5.61. The number of halogens is 2. The molecule has 1 unspecified atom stereocenters. The first-order chi connectivity index (χ1) is 15.5. The van der Waals surface area contributed by atoms with Crippen LogP contribution in [-0.4, -0.2) is 24.5 Å². The van der Waals surface area contributed by atoms with Gasteiger partial charge in [0.2, 0.25) is 0 Å². The quantitative estimate of drug-likeness (QED) is 0.394. The summed E-state index contributed by atoms with van der Waals surface area (Å²) < 4.78 is 15.5. The molecule has 0 spiro atoms. The highest BCUT2D eigenvalue weighted by molar-refractivity contribution is 6.30. The molecule has 2 aromatic carbocycles. The van der Waals surface area contributed by atoms with E-state index in [1.165, 1.54) is 18.5 Å². The fraction of sp³-hybridized carbons (Fsp3) is 0.130. The Kier molecular flexibility index (Phi) is 5.07. The van der Waals surface area contributed by atoms with E-state index in [9.17, 15) is 9.18 Å². The maximum absolute atomic E-state index is 13.9. The lowest BCUT2D eigenvalue weighted by molar-refractivity contribution is 0.629. The molecule has 7 nitrogen and oxygen atoms in total. The van der Waals surface area contributed by atoms with Crippen LogP contribution in [0.4, 0.5) is 10.2 Å². The highest BCUT2D eigenvalue weighted by Gasteiger charge is 2.20.